The summed E-state index contributed by atoms with van der Waals surface area (Å²) >= 11 is 6.29. The van der Waals surface area contributed by atoms with Crippen molar-refractivity contribution >= 4 is 38.9 Å². The van der Waals surface area contributed by atoms with Crippen LogP contribution in [0.1, 0.15) is 24.8 Å². The Labute approximate surface area is 199 Å². The lowest BCUT2D eigenvalue weighted by Crippen LogP contribution is -2.35. The standard InChI is InChI=1S/C23H28ClN3O5S/c1-26(2)20-7-6-17(33(29,30)27-8-4-3-5-9-27)15-19(20)25-22(28)14-16-12-18(24)23-21(13-16)31-10-11-32-23/h6-7,12-13,15H,3-5,8-11,14H2,1-2H3,(H,25,28). The summed E-state index contributed by atoms with van der Waals surface area (Å²) in [6.07, 6.45) is 2.80. The summed E-state index contributed by atoms with van der Waals surface area (Å²) in [4.78, 5) is 14.9. The fraction of sp³-hybridized carbons (Fsp3) is 0.435. The monoisotopic (exact) mass is 493 g/mol. The van der Waals surface area contributed by atoms with Crippen molar-refractivity contribution in [1.29, 1.82) is 0 Å². The van der Waals surface area contributed by atoms with E-state index in [9.17, 15) is 13.2 Å². The Morgan fingerprint density at radius 1 is 1.09 bits per heavy atom. The van der Waals surface area contributed by atoms with Crippen LogP contribution in [0, 0.1) is 0 Å². The van der Waals surface area contributed by atoms with Crippen molar-refractivity contribution < 1.29 is 22.7 Å². The van der Waals surface area contributed by atoms with Gasteiger partial charge in [0, 0.05) is 27.2 Å². The minimum Gasteiger partial charge on any atom is -0.486 e. The Kier molecular flexibility index (Phi) is 7.02. The summed E-state index contributed by atoms with van der Waals surface area (Å²) in [7, 11) is 0.0535. The van der Waals surface area contributed by atoms with Crippen LogP contribution < -0.4 is 19.7 Å². The van der Waals surface area contributed by atoms with E-state index in [4.69, 9.17) is 21.1 Å². The van der Waals surface area contributed by atoms with Gasteiger partial charge in [0.1, 0.15) is 13.2 Å². The number of nitrogens with zero attached hydrogens (tertiary/aromatic N) is 2. The minimum absolute atomic E-state index is 0.0479. The van der Waals surface area contributed by atoms with Gasteiger partial charge in [0.2, 0.25) is 15.9 Å². The Balaban J connectivity index is 1.57. The predicted molar refractivity (Wildman–Crippen MR) is 128 cm³/mol. The molecule has 0 atom stereocenters. The first-order valence-electron chi connectivity index (χ1n) is 10.9. The molecule has 0 aromatic heterocycles. The number of rotatable bonds is 6. The molecule has 0 radical (unpaired) electrons. The van der Waals surface area contributed by atoms with Crippen LogP contribution in [0.4, 0.5) is 11.4 Å². The number of carbonyl (C=O) groups is 1. The SMILES string of the molecule is CN(C)c1ccc(S(=O)(=O)N2CCCCC2)cc1NC(=O)Cc1cc(Cl)c2c(c1)OCCO2. The second kappa shape index (κ2) is 9.79. The van der Waals surface area contributed by atoms with Crippen LogP contribution in [0.2, 0.25) is 5.02 Å². The second-order valence-electron chi connectivity index (χ2n) is 8.36. The van der Waals surface area contributed by atoms with Crippen molar-refractivity contribution in [2.75, 3.05) is 50.6 Å². The molecule has 1 N–H and O–H groups in total. The molecule has 1 fully saturated rings. The maximum absolute atomic E-state index is 13.1. The number of anilines is 2. The first-order valence-corrected chi connectivity index (χ1v) is 12.8. The molecule has 4 rings (SSSR count). The number of amides is 1. The summed E-state index contributed by atoms with van der Waals surface area (Å²) in [5, 5.41) is 3.26. The number of piperidine rings is 1. The zero-order chi connectivity index (χ0) is 23.6. The maximum Gasteiger partial charge on any atom is 0.243 e. The first kappa shape index (κ1) is 23.7. The van der Waals surface area contributed by atoms with Gasteiger partial charge in [0.05, 0.1) is 27.7 Å². The molecule has 1 saturated heterocycles. The molecule has 0 bridgehead atoms. The summed E-state index contributed by atoms with van der Waals surface area (Å²) in [6, 6.07) is 8.26. The van der Waals surface area contributed by atoms with Crippen molar-refractivity contribution in [3.8, 4) is 11.5 Å². The number of sulfonamides is 1. The van der Waals surface area contributed by atoms with Crippen LogP contribution in [-0.2, 0) is 21.2 Å². The number of hydrogen-bond acceptors (Lipinski definition) is 6. The highest BCUT2D eigenvalue weighted by molar-refractivity contribution is 7.89. The quantitative estimate of drug-likeness (QED) is 0.662. The van der Waals surface area contributed by atoms with Gasteiger partial charge < -0.3 is 19.7 Å². The molecule has 2 aliphatic heterocycles. The largest absolute Gasteiger partial charge is 0.486 e. The number of carbonyl (C=O) groups excluding carboxylic acids is 1. The molecule has 0 saturated carbocycles. The van der Waals surface area contributed by atoms with Crippen molar-refractivity contribution in [1.82, 2.24) is 4.31 Å². The smallest absolute Gasteiger partial charge is 0.243 e. The molecule has 2 aromatic carbocycles. The lowest BCUT2D eigenvalue weighted by molar-refractivity contribution is -0.115. The van der Waals surface area contributed by atoms with Gasteiger partial charge in [0.25, 0.3) is 0 Å². The van der Waals surface area contributed by atoms with E-state index in [2.05, 4.69) is 5.32 Å². The van der Waals surface area contributed by atoms with Gasteiger partial charge in [-0.25, -0.2) is 8.42 Å². The summed E-state index contributed by atoms with van der Waals surface area (Å²) < 4.78 is 38.9. The zero-order valence-corrected chi connectivity index (χ0v) is 20.3. The van der Waals surface area contributed by atoms with Crippen LogP contribution in [0.3, 0.4) is 0 Å². The number of fused-ring (bicyclic) bond motifs is 1. The van der Waals surface area contributed by atoms with Crippen molar-refractivity contribution in [2.45, 2.75) is 30.6 Å². The number of hydrogen-bond donors (Lipinski definition) is 1. The van der Waals surface area contributed by atoms with E-state index in [1.54, 1.807) is 24.3 Å². The summed E-state index contributed by atoms with van der Waals surface area (Å²) in [5.74, 6) is 0.705. The van der Waals surface area contributed by atoms with E-state index in [0.717, 1.165) is 19.3 Å². The molecular weight excluding hydrogens is 466 g/mol. The van der Waals surface area contributed by atoms with Crippen LogP contribution in [0.15, 0.2) is 35.2 Å². The van der Waals surface area contributed by atoms with Crippen LogP contribution >= 0.6 is 11.6 Å². The Bertz CT molecular complexity index is 1150. The Morgan fingerprint density at radius 2 is 1.82 bits per heavy atom. The highest BCUT2D eigenvalue weighted by atomic mass is 35.5. The number of nitrogens with one attached hydrogen (secondary N) is 1. The average molecular weight is 494 g/mol. The van der Waals surface area contributed by atoms with Gasteiger partial charge >= 0.3 is 0 Å². The average Bonchev–Trinajstić information content (AvgIpc) is 2.79. The van der Waals surface area contributed by atoms with Gasteiger partial charge in [-0.05, 0) is 48.7 Å². The Morgan fingerprint density at radius 3 is 2.55 bits per heavy atom. The normalized spacial score (nSPS) is 16.3. The second-order valence-corrected chi connectivity index (χ2v) is 10.7. The molecule has 0 spiro atoms. The molecule has 0 unspecified atom stereocenters. The lowest BCUT2D eigenvalue weighted by Gasteiger charge is -2.26. The molecule has 0 aliphatic carbocycles. The topological polar surface area (TPSA) is 88.2 Å². The molecule has 178 valence electrons. The predicted octanol–water partition coefficient (Wildman–Crippen LogP) is 3.53. The third-order valence-electron chi connectivity index (χ3n) is 5.70. The van der Waals surface area contributed by atoms with Crippen molar-refractivity contribution in [3.63, 3.8) is 0 Å². The highest BCUT2D eigenvalue weighted by Crippen LogP contribution is 2.38. The fourth-order valence-corrected chi connectivity index (χ4v) is 5.90. The maximum atomic E-state index is 13.1. The summed E-state index contributed by atoms with van der Waals surface area (Å²) in [5.41, 5.74) is 1.82. The first-order chi connectivity index (χ1) is 15.8. The van der Waals surface area contributed by atoms with Crippen molar-refractivity contribution in [2.24, 2.45) is 0 Å². The molecule has 1 amide bonds. The van der Waals surface area contributed by atoms with E-state index in [1.165, 1.54) is 10.4 Å². The number of benzene rings is 2. The number of ether oxygens (including phenoxy) is 2. The van der Waals surface area contributed by atoms with E-state index < -0.39 is 10.0 Å². The van der Waals surface area contributed by atoms with Gasteiger partial charge in [-0.2, -0.15) is 4.31 Å². The minimum atomic E-state index is -3.62. The molecule has 2 aliphatic rings. The highest BCUT2D eigenvalue weighted by Gasteiger charge is 2.27. The zero-order valence-electron chi connectivity index (χ0n) is 18.8. The molecule has 33 heavy (non-hydrogen) atoms. The van der Waals surface area contributed by atoms with Crippen molar-refractivity contribution in [3.05, 3.63) is 40.9 Å². The van der Waals surface area contributed by atoms with Gasteiger partial charge in [0.15, 0.2) is 11.5 Å². The third-order valence-corrected chi connectivity index (χ3v) is 7.87. The molecular formula is C23H28ClN3O5S. The fourth-order valence-electron chi connectivity index (χ4n) is 4.07. The summed E-state index contributed by atoms with van der Waals surface area (Å²) in [6.45, 7) is 1.88. The molecule has 2 aromatic rings. The van der Waals surface area contributed by atoms with Crippen LogP contribution in [0.25, 0.3) is 0 Å². The van der Waals surface area contributed by atoms with Gasteiger partial charge in [-0.3, -0.25) is 4.79 Å². The number of halogens is 1. The molecule has 10 heteroatoms. The van der Waals surface area contributed by atoms with Crippen LogP contribution in [0.5, 0.6) is 11.5 Å². The Hall–Kier alpha value is -2.49. The lowest BCUT2D eigenvalue weighted by atomic mass is 10.1. The molecule has 8 nitrogen and oxygen atoms in total. The van der Waals surface area contributed by atoms with E-state index in [-0.39, 0.29) is 17.2 Å². The van der Waals surface area contributed by atoms with E-state index >= 15 is 0 Å². The third kappa shape index (κ3) is 5.20. The van der Waals surface area contributed by atoms with E-state index in [1.807, 2.05) is 19.0 Å². The van der Waals surface area contributed by atoms with E-state index in [0.29, 0.717) is 59.8 Å². The van der Waals surface area contributed by atoms with Gasteiger partial charge in [-0.1, -0.05) is 18.0 Å². The van der Waals surface area contributed by atoms with Crippen LogP contribution in [-0.4, -0.2) is 59.0 Å². The van der Waals surface area contributed by atoms with Gasteiger partial charge in [-0.15, -0.1) is 0 Å². The molecule has 2 heterocycles.